The lowest BCUT2D eigenvalue weighted by molar-refractivity contribution is -0.164. The molecule has 0 aliphatic carbocycles. The number of carbonyl (C=O) groups excluding carboxylic acids is 4. The first-order chi connectivity index (χ1) is 12.8. The van der Waals surface area contributed by atoms with Crippen LogP contribution in [0.15, 0.2) is 50.6 Å². The lowest BCUT2D eigenvalue weighted by Crippen LogP contribution is -2.43. The normalized spacial score (nSPS) is 9.41. The largest absolute Gasteiger partial charge is 0.462 e. The Morgan fingerprint density at radius 2 is 0.815 bits per heavy atom. The van der Waals surface area contributed by atoms with E-state index in [1.54, 1.807) is 0 Å². The van der Waals surface area contributed by atoms with Crippen LogP contribution in [0.2, 0.25) is 0 Å². The van der Waals surface area contributed by atoms with Crippen molar-refractivity contribution in [3.8, 4) is 0 Å². The van der Waals surface area contributed by atoms with Crippen LogP contribution in [0.3, 0.4) is 0 Å². The summed E-state index contributed by atoms with van der Waals surface area (Å²) in [4.78, 5) is 45.3. The average Bonchev–Trinajstić information content (AvgIpc) is 2.72. The van der Waals surface area contributed by atoms with Gasteiger partial charge in [0.2, 0.25) is 0 Å². The van der Waals surface area contributed by atoms with E-state index < -0.39 is 29.3 Å². The molecule has 0 unspecified atom stereocenters. The summed E-state index contributed by atoms with van der Waals surface area (Å²) in [7, 11) is 1.00. The molecule has 0 aliphatic rings. The molecule has 0 bridgehead atoms. The fraction of sp³-hybridized carbons (Fsp3) is 0.333. The predicted octanol–water partition coefficient (Wildman–Crippen LogP) is 0.498. The summed E-state index contributed by atoms with van der Waals surface area (Å²) in [5, 5.41) is 7.00. The molecular formula is C18H24O9. The van der Waals surface area contributed by atoms with E-state index in [4.69, 9.17) is 24.1 Å². The number of rotatable bonds is 12. The number of aliphatic hydroxyl groups excluding tert-OH is 1. The second-order valence-corrected chi connectivity index (χ2v) is 4.75. The first-order valence-corrected chi connectivity index (χ1v) is 7.44. The van der Waals surface area contributed by atoms with Gasteiger partial charge >= 0.3 is 23.9 Å². The zero-order valence-corrected chi connectivity index (χ0v) is 15.2. The second kappa shape index (κ2) is 15.1. The van der Waals surface area contributed by atoms with Gasteiger partial charge in [0.1, 0.15) is 31.8 Å². The summed E-state index contributed by atoms with van der Waals surface area (Å²) in [6, 6.07) is 0. The standard InChI is InChI=1S/C17H20O8.CH4O/c1-5-13(18)22-9-17(10-23-14(19)6-2,11-24-15(20)7-3)12-25-16(21)8-4;1-2/h5-8H,1-4,9-12H2;2H,1H3. The smallest absolute Gasteiger partial charge is 0.330 e. The van der Waals surface area contributed by atoms with Crippen molar-refractivity contribution < 1.29 is 43.2 Å². The molecule has 0 aromatic rings. The Labute approximate surface area is 157 Å². The van der Waals surface area contributed by atoms with Gasteiger partial charge in [0.05, 0.1) is 0 Å². The molecule has 0 heterocycles. The van der Waals surface area contributed by atoms with E-state index >= 15 is 0 Å². The number of esters is 4. The highest BCUT2D eigenvalue weighted by Gasteiger charge is 2.37. The Morgan fingerprint density at radius 3 is 0.963 bits per heavy atom. The van der Waals surface area contributed by atoms with Crippen molar-refractivity contribution in [1.82, 2.24) is 0 Å². The Hall–Kier alpha value is -3.20. The molecule has 1 N–H and O–H groups in total. The first-order valence-electron chi connectivity index (χ1n) is 7.44. The number of aliphatic hydroxyl groups is 1. The summed E-state index contributed by atoms with van der Waals surface area (Å²) in [6.07, 6.45) is 3.69. The molecule has 0 aromatic heterocycles. The van der Waals surface area contributed by atoms with Crippen molar-refractivity contribution >= 4 is 23.9 Å². The van der Waals surface area contributed by atoms with Crippen LogP contribution in [0.25, 0.3) is 0 Å². The van der Waals surface area contributed by atoms with E-state index in [9.17, 15) is 19.2 Å². The zero-order chi connectivity index (χ0) is 21.3. The average molecular weight is 384 g/mol. The van der Waals surface area contributed by atoms with Crippen LogP contribution in [-0.4, -0.2) is 62.5 Å². The number of hydrogen-bond donors (Lipinski definition) is 1. The van der Waals surface area contributed by atoms with Gasteiger partial charge in [-0.2, -0.15) is 0 Å². The van der Waals surface area contributed by atoms with Crippen molar-refractivity contribution in [2.75, 3.05) is 33.5 Å². The monoisotopic (exact) mass is 384 g/mol. The zero-order valence-electron chi connectivity index (χ0n) is 15.2. The minimum absolute atomic E-state index is 0.378. The van der Waals surface area contributed by atoms with Crippen LogP contribution >= 0.6 is 0 Å². The predicted molar refractivity (Wildman–Crippen MR) is 95.2 cm³/mol. The quantitative estimate of drug-likeness (QED) is 0.291. The summed E-state index contributed by atoms with van der Waals surface area (Å²) < 4.78 is 19.8. The van der Waals surface area contributed by atoms with E-state index in [0.717, 1.165) is 31.4 Å². The van der Waals surface area contributed by atoms with Gasteiger partial charge in [0, 0.05) is 31.4 Å². The third kappa shape index (κ3) is 11.9. The van der Waals surface area contributed by atoms with E-state index in [-0.39, 0.29) is 26.4 Å². The van der Waals surface area contributed by atoms with Gasteiger partial charge < -0.3 is 24.1 Å². The molecule has 27 heavy (non-hydrogen) atoms. The van der Waals surface area contributed by atoms with E-state index in [2.05, 4.69) is 26.3 Å². The maximum Gasteiger partial charge on any atom is 0.330 e. The van der Waals surface area contributed by atoms with Crippen LogP contribution < -0.4 is 0 Å². The molecule has 0 spiro atoms. The minimum Gasteiger partial charge on any atom is -0.462 e. The van der Waals surface area contributed by atoms with E-state index in [1.807, 2.05) is 0 Å². The highest BCUT2D eigenvalue weighted by molar-refractivity contribution is 5.82. The molecule has 0 atom stereocenters. The molecule has 0 rings (SSSR count). The highest BCUT2D eigenvalue weighted by atomic mass is 16.6. The summed E-state index contributed by atoms with van der Waals surface area (Å²) in [5.41, 5.74) is -1.34. The van der Waals surface area contributed by atoms with Gasteiger partial charge in [-0.3, -0.25) is 0 Å². The molecule has 0 aromatic carbocycles. The van der Waals surface area contributed by atoms with Gasteiger partial charge in [0.25, 0.3) is 0 Å². The summed E-state index contributed by atoms with van der Waals surface area (Å²) >= 11 is 0. The molecule has 9 nitrogen and oxygen atoms in total. The van der Waals surface area contributed by atoms with Gasteiger partial charge in [-0.05, 0) is 0 Å². The number of carbonyl (C=O) groups is 4. The van der Waals surface area contributed by atoms with Gasteiger partial charge in [0.15, 0.2) is 0 Å². The van der Waals surface area contributed by atoms with Crippen molar-refractivity contribution in [2.24, 2.45) is 5.41 Å². The minimum atomic E-state index is -1.34. The molecule has 0 fully saturated rings. The molecular weight excluding hydrogens is 360 g/mol. The maximum atomic E-state index is 11.3. The van der Waals surface area contributed by atoms with Gasteiger partial charge in [-0.1, -0.05) is 26.3 Å². The molecule has 0 aliphatic heterocycles. The molecule has 150 valence electrons. The first kappa shape index (κ1) is 26.0. The topological polar surface area (TPSA) is 125 Å². The van der Waals surface area contributed by atoms with Gasteiger partial charge in [-0.15, -0.1) is 0 Å². The number of ether oxygens (including phenoxy) is 4. The maximum absolute atomic E-state index is 11.3. The molecule has 0 saturated carbocycles. The third-order valence-electron chi connectivity index (χ3n) is 2.75. The Bertz CT molecular complexity index is 462. The van der Waals surface area contributed by atoms with Crippen molar-refractivity contribution in [2.45, 2.75) is 0 Å². The van der Waals surface area contributed by atoms with Crippen LogP contribution in [0.4, 0.5) is 0 Å². The number of hydrogen-bond acceptors (Lipinski definition) is 9. The van der Waals surface area contributed by atoms with Crippen LogP contribution in [-0.2, 0) is 38.1 Å². The lowest BCUT2D eigenvalue weighted by Gasteiger charge is -2.31. The summed E-state index contributed by atoms with van der Waals surface area (Å²) in [5.74, 6) is -3.04. The van der Waals surface area contributed by atoms with Crippen LogP contribution in [0.5, 0.6) is 0 Å². The van der Waals surface area contributed by atoms with Crippen molar-refractivity contribution in [3.05, 3.63) is 50.6 Å². The lowest BCUT2D eigenvalue weighted by atomic mass is 9.92. The molecule has 0 radical (unpaired) electrons. The summed E-state index contributed by atoms with van der Waals surface area (Å²) in [6.45, 7) is 11.5. The van der Waals surface area contributed by atoms with Gasteiger partial charge in [-0.25, -0.2) is 19.2 Å². The SMILES string of the molecule is C=CC(=O)OCC(COC(=O)C=C)(COC(=O)C=C)COC(=O)C=C.CO. The van der Waals surface area contributed by atoms with Crippen molar-refractivity contribution in [3.63, 3.8) is 0 Å². The van der Waals surface area contributed by atoms with Crippen LogP contribution in [0.1, 0.15) is 0 Å². The molecule has 9 heteroatoms. The fourth-order valence-corrected chi connectivity index (χ4v) is 1.38. The van der Waals surface area contributed by atoms with E-state index in [0.29, 0.717) is 0 Å². The van der Waals surface area contributed by atoms with Crippen molar-refractivity contribution in [1.29, 1.82) is 0 Å². The third-order valence-corrected chi connectivity index (χ3v) is 2.75. The molecule has 0 amide bonds. The molecule has 0 saturated heterocycles. The Morgan fingerprint density at radius 1 is 0.630 bits per heavy atom. The van der Waals surface area contributed by atoms with E-state index in [1.165, 1.54) is 0 Å². The second-order valence-electron chi connectivity index (χ2n) is 4.75. The Kier molecular flexibility index (Phi) is 14.5. The Balaban J connectivity index is 0. The highest BCUT2D eigenvalue weighted by Crippen LogP contribution is 2.21. The fourth-order valence-electron chi connectivity index (χ4n) is 1.38. The van der Waals surface area contributed by atoms with Crippen LogP contribution in [0, 0.1) is 5.41 Å².